The van der Waals surface area contributed by atoms with Gasteiger partial charge in [-0.3, -0.25) is 19.6 Å². The molecular weight excluding hydrogens is 326 g/mol. The third kappa shape index (κ3) is 3.77. The predicted octanol–water partition coefficient (Wildman–Crippen LogP) is 1.43. The summed E-state index contributed by atoms with van der Waals surface area (Å²) in [4.78, 5) is 23.9. The van der Waals surface area contributed by atoms with Crippen molar-refractivity contribution in [1.82, 2.24) is 20.3 Å². The fourth-order valence-electron chi connectivity index (χ4n) is 2.47. The van der Waals surface area contributed by atoms with Crippen molar-refractivity contribution in [3.05, 3.63) is 53.9 Å². The Balaban J connectivity index is 1.70. The number of aryl methyl sites for hydroxylation is 2. The van der Waals surface area contributed by atoms with Crippen LogP contribution in [0.25, 0.3) is 0 Å². The maximum atomic E-state index is 12.0. The van der Waals surface area contributed by atoms with E-state index < -0.39 is 11.8 Å². The van der Waals surface area contributed by atoms with Gasteiger partial charge in [-0.2, -0.15) is 5.10 Å². The van der Waals surface area contributed by atoms with Gasteiger partial charge in [-0.25, -0.2) is 0 Å². The van der Waals surface area contributed by atoms with Crippen molar-refractivity contribution < 1.29 is 18.5 Å². The number of aromatic nitrogens is 3. The zero-order valence-electron chi connectivity index (χ0n) is 13.7. The van der Waals surface area contributed by atoms with Crippen LogP contribution in [0.2, 0.25) is 0 Å². The number of amides is 2. The Bertz CT molecular complexity index is 851. The summed E-state index contributed by atoms with van der Waals surface area (Å²) < 4.78 is 11.8. The van der Waals surface area contributed by atoms with Gasteiger partial charge in [0.2, 0.25) is 0 Å². The van der Waals surface area contributed by atoms with Crippen molar-refractivity contribution in [1.29, 1.82) is 0 Å². The van der Waals surface area contributed by atoms with Gasteiger partial charge in [0, 0.05) is 18.3 Å². The maximum Gasteiger partial charge on any atom is 0.314 e. The largest absolute Gasteiger partial charge is 0.467 e. The van der Waals surface area contributed by atoms with E-state index in [1.54, 1.807) is 23.1 Å². The monoisotopic (exact) mass is 343 g/mol. The molecule has 0 saturated carbocycles. The SMILES string of the molecule is Cc1cc(C)n([C@H](CNC(=O)C(=O)Nc2ccon2)c2ccco2)n1. The summed E-state index contributed by atoms with van der Waals surface area (Å²) in [5, 5.41) is 12.9. The van der Waals surface area contributed by atoms with Gasteiger partial charge in [0.15, 0.2) is 5.82 Å². The minimum atomic E-state index is -0.833. The van der Waals surface area contributed by atoms with Crippen LogP contribution in [0, 0.1) is 13.8 Å². The predicted molar refractivity (Wildman–Crippen MR) is 86.7 cm³/mol. The Hall–Kier alpha value is -3.36. The molecule has 9 heteroatoms. The summed E-state index contributed by atoms with van der Waals surface area (Å²) >= 11 is 0. The average Bonchev–Trinajstić information content (AvgIpc) is 3.31. The highest BCUT2D eigenvalue weighted by Gasteiger charge is 2.22. The fourth-order valence-corrected chi connectivity index (χ4v) is 2.47. The maximum absolute atomic E-state index is 12.0. The molecule has 0 aliphatic carbocycles. The third-order valence-corrected chi connectivity index (χ3v) is 3.55. The lowest BCUT2D eigenvalue weighted by Crippen LogP contribution is -2.39. The highest BCUT2D eigenvalue weighted by Crippen LogP contribution is 2.20. The van der Waals surface area contributed by atoms with E-state index in [0.29, 0.717) is 5.76 Å². The summed E-state index contributed by atoms with van der Waals surface area (Å²) in [6.45, 7) is 3.93. The molecule has 2 N–H and O–H groups in total. The Morgan fingerprint density at radius 1 is 1.24 bits per heavy atom. The summed E-state index contributed by atoms with van der Waals surface area (Å²) in [7, 11) is 0. The van der Waals surface area contributed by atoms with Gasteiger partial charge in [-0.05, 0) is 32.0 Å². The highest BCUT2D eigenvalue weighted by atomic mass is 16.5. The molecule has 0 saturated heterocycles. The Morgan fingerprint density at radius 3 is 2.68 bits per heavy atom. The molecule has 0 aromatic carbocycles. The first-order valence-electron chi connectivity index (χ1n) is 7.60. The Morgan fingerprint density at radius 2 is 2.08 bits per heavy atom. The number of carbonyl (C=O) groups is 2. The van der Waals surface area contributed by atoms with E-state index in [2.05, 4.69) is 25.4 Å². The molecule has 3 heterocycles. The molecule has 3 rings (SSSR count). The second-order valence-electron chi connectivity index (χ2n) is 5.45. The standard InChI is InChI=1S/C16H17N5O4/c1-10-8-11(2)21(19-10)12(13-4-3-6-24-13)9-17-15(22)16(23)18-14-5-7-25-20-14/h3-8,12H,9H2,1-2H3,(H,17,22)(H,18,20,23)/t12-/m1/s1. The lowest BCUT2D eigenvalue weighted by Gasteiger charge is -2.17. The highest BCUT2D eigenvalue weighted by molar-refractivity contribution is 6.39. The van der Waals surface area contributed by atoms with Crippen molar-refractivity contribution in [3.63, 3.8) is 0 Å². The number of hydrogen-bond donors (Lipinski definition) is 2. The molecule has 9 nitrogen and oxygen atoms in total. The molecule has 0 spiro atoms. The van der Waals surface area contributed by atoms with Crippen molar-refractivity contribution in [3.8, 4) is 0 Å². The number of carbonyl (C=O) groups excluding carboxylic acids is 2. The van der Waals surface area contributed by atoms with Crippen LogP contribution in [-0.4, -0.2) is 33.3 Å². The quantitative estimate of drug-likeness (QED) is 0.677. The molecule has 2 amide bonds. The van der Waals surface area contributed by atoms with E-state index in [-0.39, 0.29) is 18.4 Å². The van der Waals surface area contributed by atoms with Gasteiger partial charge in [0.1, 0.15) is 18.1 Å². The van der Waals surface area contributed by atoms with Crippen LogP contribution in [0.3, 0.4) is 0 Å². The normalized spacial score (nSPS) is 11.9. The van der Waals surface area contributed by atoms with Gasteiger partial charge >= 0.3 is 11.8 Å². The van der Waals surface area contributed by atoms with Crippen molar-refractivity contribution in [2.75, 3.05) is 11.9 Å². The van der Waals surface area contributed by atoms with Crippen LogP contribution >= 0.6 is 0 Å². The first kappa shape index (κ1) is 16.5. The second kappa shape index (κ2) is 7.04. The number of rotatable bonds is 5. The summed E-state index contributed by atoms with van der Waals surface area (Å²) in [6, 6.07) is 6.55. The molecule has 0 bridgehead atoms. The molecule has 0 radical (unpaired) electrons. The first-order valence-corrected chi connectivity index (χ1v) is 7.60. The number of furan rings is 1. The van der Waals surface area contributed by atoms with E-state index >= 15 is 0 Å². The third-order valence-electron chi connectivity index (χ3n) is 3.55. The number of nitrogens with zero attached hydrogens (tertiary/aromatic N) is 3. The van der Waals surface area contributed by atoms with Crippen molar-refractivity contribution in [2.45, 2.75) is 19.9 Å². The van der Waals surface area contributed by atoms with E-state index in [1.807, 2.05) is 19.9 Å². The minimum Gasteiger partial charge on any atom is -0.467 e. The van der Waals surface area contributed by atoms with Crippen molar-refractivity contribution >= 4 is 17.6 Å². The van der Waals surface area contributed by atoms with E-state index in [9.17, 15) is 9.59 Å². The summed E-state index contributed by atoms with van der Waals surface area (Å²) in [6.07, 6.45) is 2.84. The van der Waals surface area contributed by atoms with Crippen LogP contribution in [-0.2, 0) is 9.59 Å². The summed E-state index contributed by atoms with van der Waals surface area (Å²) in [5.74, 6) is -0.828. The molecule has 130 valence electrons. The lowest BCUT2D eigenvalue weighted by atomic mass is 10.2. The first-order chi connectivity index (χ1) is 12.0. The lowest BCUT2D eigenvalue weighted by molar-refractivity contribution is -0.136. The molecular formula is C16H17N5O4. The van der Waals surface area contributed by atoms with Gasteiger partial charge in [-0.15, -0.1) is 0 Å². The van der Waals surface area contributed by atoms with Crippen LogP contribution < -0.4 is 10.6 Å². The van der Waals surface area contributed by atoms with Gasteiger partial charge < -0.3 is 14.3 Å². The zero-order valence-corrected chi connectivity index (χ0v) is 13.7. The summed E-state index contributed by atoms with van der Waals surface area (Å²) in [5.41, 5.74) is 1.77. The Kier molecular flexibility index (Phi) is 4.64. The molecule has 0 unspecified atom stereocenters. The smallest absolute Gasteiger partial charge is 0.314 e. The van der Waals surface area contributed by atoms with Crippen LogP contribution in [0.4, 0.5) is 5.82 Å². The molecule has 0 aliphatic rings. The number of anilines is 1. The zero-order chi connectivity index (χ0) is 17.8. The van der Waals surface area contributed by atoms with E-state index in [0.717, 1.165) is 11.4 Å². The molecule has 0 aliphatic heterocycles. The fraction of sp³-hybridized carbons (Fsp3) is 0.250. The molecule has 0 fully saturated rings. The number of nitrogens with one attached hydrogen (secondary N) is 2. The van der Waals surface area contributed by atoms with Gasteiger partial charge in [0.05, 0.1) is 12.0 Å². The second-order valence-corrected chi connectivity index (χ2v) is 5.45. The van der Waals surface area contributed by atoms with Crippen LogP contribution in [0.15, 0.2) is 45.7 Å². The van der Waals surface area contributed by atoms with Crippen LogP contribution in [0.5, 0.6) is 0 Å². The number of hydrogen-bond acceptors (Lipinski definition) is 6. The van der Waals surface area contributed by atoms with E-state index in [4.69, 9.17) is 4.42 Å². The van der Waals surface area contributed by atoms with Gasteiger partial charge in [-0.1, -0.05) is 5.16 Å². The topological polar surface area (TPSA) is 115 Å². The molecule has 1 atom stereocenters. The average molecular weight is 343 g/mol. The van der Waals surface area contributed by atoms with Gasteiger partial charge in [0.25, 0.3) is 0 Å². The minimum absolute atomic E-state index is 0.139. The Labute approximate surface area is 143 Å². The molecule has 3 aromatic heterocycles. The molecule has 25 heavy (non-hydrogen) atoms. The molecule has 3 aromatic rings. The van der Waals surface area contributed by atoms with E-state index in [1.165, 1.54) is 12.3 Å². The van der Waals surface area contributed by atoms with Crippen LogP contribution in [0.1, 0.15) is 23.2 Å². The van der Waals surface area contributed by atoms with Crippen molar-refractivity contribution in [2.24, 2.45) is 0 Å².